The average Bonchev–Trinajstić information content (AvgIpc) is 2.71. The second-order valence-corrected chi connectivity index (χ2v) is 4.79. The number of rotatable bonds is 7. The average molecular weight is 194 g/mol. The Balaban J connectivity index is 2.14. The number of hydrogen-bond acceptors (Lipinski definition) is 0. The predicted molar refractivity (Wildman–Crippen MR) is 64.4 cm³/mol. The Labute approximate surface area is 89.8 Å². The van der Waals surface area contributed by atoms with E-state index >= 15 is 0 Å². The highest BCUT2D eigenvalue weighted by atomic mass is 14.3. The fraction of sp³-hybridized carbons (Fsp3) is 0.857. The van der Waals surface area contributed by atoms with Gasteiger partial charge in [-0.05, 0) is 31.1 Å². The normalized spacial score (nSPS) is 19.8. The monoisotopic (exact) mass is 194 g/mol. The van der Waals surface area contributed by atoms with Gasteiger partial charge in [0.1, 0.15) is 0 Å². The van der Waals surface area contributed by atoms with Crippen LogP contribution in [0.3, 0.4) is 0 Å². The molecule has 1 rings (SSSR count). The maximum atomic E-state index is 4.00. The van der Waals surface area contributed by atoms with Gasteiger partial charge in [-0.15, -0.1) is 6.58 Å². The van der Waals surface area contributed by atoms with E-state index in [1.165, 1.54) is 57.8 Å². The van der Waals surface area contributed by atoms with Gasteiger partial charge in [0.25, 0.3) is 0 Å². The zero-order valence-electron chi connectivity index (χ0n) is 9.80. The first-order valence-corrected chi connectivity index (χ1v) is 6.51. The van der Waals surface area contributed by atoms with E-state index in [2.05, 4.69) is 19.6 Å². The highest BCUT2D eigenvalue weighted by molar-refractivity contribution is 4.86. The molecular formula is C14H26. The van der Waals surface area contributed by atoms with Gasteiger partial charge in [0.2, 0.25) is 0 Å². The predicted octanol–water partition coefficient (Wildman–Crippen LogP) is 4.95. The van der Waals surface area contributed by atoms with Crippen LogP contribution in [-0.2, 0) is 0 Å². The molecule has 1 atom stereocenters. The SMILES string of the molecule is C=CC(CCCCCC)C1CCCC1. The summed E-state index contributed by atoms with van der Waals surface area (Å²) in [6.45, 7) is 6.28. The highest BCUT2D eigenvalue weighted by Gasteiger charge is 2.21. The van der Waals surface area contributed by atoms with Gasteiger partial charge in [0, 0.05) is 0 Å². The van der Waals surface area contributed by atoms with Gasteiger partial charge in [-0.3, -0.25) is 0 Å². The first-order chi connectivity index (χ1) is 6.88. The summed E-state index contributed by atoms with van der Waals surface area (Å²) in [5, 5.41) is 0. The quantitative estimate of drug-likeness (QED) is 0.397. The molecule has 0 bridgehead atoms. The van der Waals surface area contributed by atoms with Crippen molar-refractivity contribution in [2.75, 3.05) is 0 Å². The minimum atomic E-state index is 0.828. The molecule has 0 aromatic carbocycles. The van der Waals surface area contributed by atoms with Gasteiger partial charge in [0.05, 0.1) is 0 Å². The zero-order chi connectivity index (χ0) is 10.2. The largest absolute Gasteiger partial charge is 0.103 e. The lowest BCUT2D eigenvalue weighted by atomic mass is 9.86. The summed E-state index contributed by atoms with van der Waals surface area (Å²) < 4.78 is 0. The Morgan fingerprint density at radius 3 is 2.50 bits per heavy atom. The van der Waals surface area contributed by atoms with Crippen LogP contribution in [0.15, 0.2) is 12.7 Å². The van der Waals surface area contributed by atoms with Crippen molar-refractivity contribution in [3.8, 4) is 0 Å². The molecule has 0 N–H and O–H groups in total. The fourth-order valence-electron chi connectivity index (χ4n) is 2.74. The van der Waals surface area contributed by atoms with Crippen LogP contribution in [0.4, 0.5) is 0 Å². The molecule has 1 fully saturated rings. The van der Waals surface area contributed by atoms with E-state index in [4.69, 9.17) is 0 Å². The van der Waals surface area contributed by atoms with E-state index in [0.717, 1.165) is 11.8 Å². The molecule has 0 aromatic rings. The molecular weight excluding hydrogens is 168 g/mol. The molecule has 1 aliphatic carbocycles. The maximum Gasteiger partial charge on any atom is -0.0208 e. The lowest BCUT2D eigenvalue weighted by Crippen LogP contribution is -2.08. The lowest BCUT2D eigenvalue weighted by Gasteiger charge is -2.19. The van der Waals surface area contributed by atoms with Crippen LogP contribution in [0.2, 0.25) is 0 Å². The second kappa shape index (κ2) is 7.09. The smallest absolute Gasteiger partial charge is 0.0208 e. The van der Waals surface area contributed by atoms with Crippen LogP contribution >= 0.6 is 0 Å². The molecule has 0 amide bonds. The Morgan fingerprint density at radius 1 is 1.21 bits per heavy atom. The Morgan fingerprint density at radius 2 is 1.93 bits per heavy atom. The van der Waals surface area contributed by atoms with Crippen molar-refractivity contribution in [3.05, 3.63) is 12.7 Å². The first-order valence-electron chi connectivity index (χ1n) is 6.51. The molecule has 0 radical (unpaired) electrons. The van der Waals surface area contributed by atoms with Crippen LogP contribution in [0, 0.1) is 11.8 Å². The molecule has 0 spiro atoms. The molecule has 14 heavy (non-hydrogen) atoms. The standard InChI is InChI=1S/C14H26/c1-3-5-6-7-10-13(4-2)14-11-8-9-12-14/h4,13-14H,2-3,5-12H2,1H3. The van der Waals surface area contributed by atoms with Gasteiger partial charge >= 0.3 is 0 Å². The van der Waals surface area contributed by atoms with Crippen molar-refractivity contribution in [2.45, 2.75) is 64.7 Å². The van der Waals surface area contributed by atoms with E-state index in [-0.39, 0.29) is 0 Å². The topological polar surface area (TPSA) is 0 Å². The summed E-state index contributed by atoms with van der Waals surface area (Å²) in [6, 6.07) is 0. The minimum Gasteiger partial charge on any atom is -0.103 e. The van der Waals surface area contributed by atoms with Gasteiger partial charge in [-0.2, -0.15) is 0 Å². The van der Waals surface area contributed by atoms with Gasteiger partial charge in [-0.1, -0.05) is 51.5 Å². The number of hydrogen-bond donors (Lipinski definition) is 0. The van der Waals surface area contributed by atoms with Crippen LogP contribution in [0.25, 0.3) is 0 Å². The lowest BCUT2D eigenvalue weighted by molar-refractivity contribution is 0.370. The molecule has 0 nitrogen and oxygen atoms in total. The third-order valence-corrected chi connectivity index (χ3v) is 3.70. The minimum absolute atomic E-state index is 0.828. The fourth-order valence-corrected chi connectivity index (χ4v) is 2.74. The molecule has 0 aliphatic heterocycles. The van der Waals surface area contributed by atoms with Crippen molar-refractivity contribution in [1.29, 1.82) is 0 Å². The second-order valence-electron chi connectivity index (χ2n) is 4.79. The van der Waals surface area contributed by atoms with Crippen molar-refractivity contribution in [2.24, 2.45) is 11.8 Å². The molecule has 82 valence electrons. The van der Waals surface area contributed by atoms with Crippen LogP contribution in [0.5, 0.6) is 0 Å². The molecule has 0 saturated heterocycles. The van der Waals surface area contributed by atoms with Crippen molar-refractivity contribution in [1.82, 2.24) is 0 Å². The zero-order valence-corrected chi connectivity index (χ0v) is 9.80. The molecule has 0 aromatic heterocycles. The molecule has 1 aliphatic rings. The third kappa shape index (κ3) is 3.86. The van der Waals surface area contributed by atoms with E-state index < -0.39 is 0 Å². The summed E-state index contributed by atoms with van der Waals surface area (Å²) in [6.07, 6.45) is 15.1. The van der Waals surface area contributed by atoms with Crippen molar-refractivity contribution in [3.63, 3.8) is 0 Å². The van der Waals surface area contributed by atoms with Crippen molar-refractivity contribution >= 4 is 0 Å². The maximum absolute atomic E-state index is 4.00. The first kappa shape index (κ1) is 11.8. The Hall–Kier alpha value is -0.260. The summed E-state index contributed by atoms with van der Waals surface area (Å²) in [7, 11) is 0. The van der Waals surface area contributed by atoms with E-state index in [1.807, 2.05) is 0 Å². The Kier molecular flexibility index (Phi) is 5.98. The van der Waals surface area contributed by atoms with Crippen LogP contribution < -0.4 is 0 Å². The van der Waals surface area contributed by atoms with Crippen LogP contribution in [0.1, 0.15) is 64.7 Å². The highest BCUT2D eigenvalue weighted by Crippen LogP contribution is 2.34. The number of unbranched alkanes of at least 4 members (excludes halogenated alkanes) is 3. The van der Waals surface area contributed by atoms with Crippen molar-refractivity contribution < 1.29 is 0 Å². The number of allylic oxidation sites excluding steroid dienone is 1. The van der Waals surface area contributed by atoms with Gasteiger partial charge in [0.15, 0.2) is 0 Å². The molecule has 1 unspecified atom stereocenters. The van der Waals surface area contributed by atoms with E-state index in [1.54, 1.807) is 0 Å². The molecule has 1 saturated carbocycles. The summed E-state index contributed by atoms with van der Waals surface area (Å²) in [5.41, 5.74) is 0. The molecule has 0 heterocycles. The molecule has 0 heteroatoms. The summed E-state index contributed by atoms with van der Waals surface area (Å²) in [5.74, 6) is 1.81. The Bertz CT molecular complexity index is 142. The van der Waals surface area contributed by atoms with E-state index in [0.29, 0.717) is 0 Å². The van der Waals surface area contributed by atoms with E-state index in [9.17, 15) is 0 Å². The summed E-state index contributed by atoms with van der Waals surface area (Å²) >= 11 is 0. The third-order valence-electron chi connectivity index (χ3n) is 3.70. The summed E-state index contributed by atoms with van der Waals surface area (Å²) in [4.78, 5) is 0. The van der Waals surface area contributed by atoms with Gasteiger partial charge < -0.3 is 0 Å². The van der Waals surface area contributed by atoms with Gasteiger partial charge in [-0.25, -0.2) is 0 Å². The van der Waals surface area contributed by atoms with Crippen LogP contribution in [-0.4, -0.2) is 0 Å².